The summed E-state index contributed by atoms with van der Waals surface area (Å²) in [5.41, 5.74) is 0.553. The molecule has 2 aliphatic heterocycles. The van der Waals surface area contributed by atoms with E-state index in [0.717, 1.165) is 0 Å². The molecule has 0 spiro atoms. The van der Waals surface area contributed by atoms with Gasteiger partial charge in [-0.2, -0.15) is 0 Å². The maximum absolute atomic E-state index is 13.6. The topological polar surface area (TPSA) is 131 Å². The van der Waals surface area contributed by atoms with Gasteiger partial charge in [-0.25, -0.2) is 4.98 Å². The molecule has 1 atom stereocenters. The van der Waals surface area contributed by atoms with E-state index in [1.807, 2.05) is 10.8 Å². The van der Waals surface area contributed by atoms with Crippen LogP contribution in [0.4, 0.5) is 0 Å². The molecule has 1 aromatic heterocycles. The lowest BCUT2D eigenvalue weighted by Crippen LogP contribution is -2.31. The first-order chi connectivity index (χ1) is 19.4. The third kappa shape index (κ3) is 4.51. The summed E-state index contributed by atoms with van der Waals surface area (Å²) in [6, 6.07) is 5.34. The zero-order valence-corrected chi connectivity index (χ0v) is 22.5. The lowest BCUT2D eigenvalue weighted by molar-refractivity contribution is -0.140. The molecule has 12 nitrogen and oxygen atoms in total. The van der Waals surface area contributed by atoms with Crippen LogP contribution in [0.1, 0.15) is 23.6 Å². The summed E-state index contributed by atoms with van der Waals surface area (Å²) in [5, 5.41) is 11.5. The minimum Gasteiger partial charge on any atom is -0.507 e. The summed E-state index contributed by atoms with van der Waals surface area (Å²) < 4.78 is 35.1. The second-order valence-corrected chi connectivity index (χ2v) is 8.98. The van der Waals surface area contributed by atoms with Crippen molar-refractivity contribution in [3.63, 3.8) is 0 Å². The molecule has 12 heteroatoms. The highest BCUT2D eigenvalue weighted by atomic mass is 16.7. The lowest BCUT2D eigenvalue weighted by Gasteiger charge is -2.27. The van der Waals surface area contributed by atoms with Gasteiger partial charge in [-0.3, -0.25) is 9.59 Å². The van der Waals surface area contributed by atoms with Gasteiger partial charge in [0.05, 0.1) is 46.4 Å². The Morgan fingerprint density at radius 1 is 0.975 bits per heavy atom. The summed E-state index contributed by atoms with van der Waals surface area (Å²) in [7, 11) is 5.88. The number of carbonyl (C=O) groups excluding carboxylic acids is 2. The number of Topliss-reactive ketones (excluding diaryl/α,β-unsaturated/α-hetero) is 1. The first kappa shape index (κ1) is 26.7. The second-order valence-electron chi connectivity index (χ2n) is 8.98. The number of amides is 1. The molecular formula is C28H29N3O9. The standard InChI is InChI=1S/C28H29N3O9/c1-35-18-7-6-16(12-19(18)36-2)23(32)21-22(17-13-20(37-3)26-27(25(17)38-4)40-15-39-26)31(28(34)24(21)33)10-5-9-30-11-8-29-14-30/h6-8,11-14,22,32H,5,9-10,15H2,1-4H3/b23-21+. The first-order valence-corrected chi connectivity index (χ1v) is 12.4. The number of aliphatic hydroxyl groups excluding tert-OH is 1. The molecule has 3 aromatic rings. The van der Waals surface area contributed by atoms with Gasteiger partial charge in [-0.05, 0) is 30.7 Å². The molecule has 1 unspecified atom stereocenters. The zero-order chi connectivity index (χ0) is 28.4. The van der Waals surface area contributed by atoms with E-state index in [-0.39, 0.29) is 41.7 Å². The minimum atomic E-state index is -1.02. The van der Waals surface area contributed by atoms with E-state index in [2.05, 4.69) is 4.98 Å². The SMILES string of the molecule is COc1ccc(/C(O)=C2\C(=O)C(=O)N(CCCn3ccnc3)C2c2cc(OC)c3c(c2OC)OCO3)cc1OC. The summed E-state index contributed by atoms with van der Waals surface area (Å²) in [6.45, 7) is 0.714. The third-order valence-electron chi connectivity index (χ3n) is 6.88. The van der Waals surface area contributed by atoms with Crippen molar-refractivity contribution in [1.82, 2.24) is 14.5 Å². The van der Waals surface area contributed by atoms with Gasteiger partial charge in [0.2, 0.25) is 18.3 Å². The number of rotatable bonds is 10. The van der Waals surface area contributed by atoms with Crippen molar-refractivity contribution in [3.05, 3.63) is 59.7 Å². The molecule has 1 fully saturated rings. The molecule has 2 aliphatic rings. The highest BCUT2D eigenvalue weighted by Gasteiger charge is 2.48. The summed E-state index contributed by atoms with van der Waals surface area (Å²) in [6.07, 6.45) is 5.67. The number of methoxy groups -OCH3 is 4. The molecule has 40 heavy (non-hydrogen) atoms. The number of ether oxygens (including phenoxy) is 6. The van der Waals surface area contributed by atoms with E-state index in [4.69, 9.17) is 28.4 Å². The highest BCUT2D eigenvalue weighted by molar-refractivity contribution is 6.46. The summed E-state index contributed by atoms with van der Waals surface area (Å²) in [5.74, 6) is 0.0521. The van der Waals surface area contributed by atoms with E-state index in [0.29, 0.717) is 41.5 Å². The van der Waals surface area contributed by atoms with E-state index in [9.17, 15) is 14.7 Å². The van der Waals surface area contributed by atoms with Crippen LogP contribution < -0.4 is 28.4 Å². The fraction of sp³-hybridized carbons (Fsp3) is 0.321. The zero-order valence-electron chi connectivity index (χ0n) is 22.5. The van der Waals surface area contributed by atoms with E-state index in [1.165, 1.54) is 39.4 Å². The van der Waals surface area contributed by atoms with Gasteiger partial charge in [0, 0.05) is 36.6 Å². The maximum atomic E-state index is 13.6. The van der Waals surface area contributed by atoms with Crippen molar-refractivity contribution in [2.24, 2.45) is 0 Å². The van der Waals surface area contributed by atoms with Crippen molar-refractivity contribution in [2.75, 3.05) is 41.8 Å². The minimum absolute atomic E-state index is 0.0533. The van der Waals surface area contributed by atoms with Crippen molar-refractivity contribution >= 4 is 17.4 Å². The van der Waals surface area contributed by atoms with Crippen molar-refractivity contribution < 1.29 is 43.1 Å². The molecule has 0 aliphatic carbocycles. The molecule has 3 heterocycles. The van der Waals surface area contributed by atoms with Crippen LogP contribution in [-0.4, -0.2) is 73.0 Å². The normalized spacial score (nSPS) is 17.3. The molecule has 1 saturated heterocycles. The Kier molecular flexibility index (Phi) is 7.41. The van der Waals surface area contributed by atoms with Gasteiger partial charge < -0.3 is 43.0 Å². The predicted molar refractivity (Wildman–Crippen MR) is 141 cm³/mol. The van der Waals surface area contributed by atoms with Gasteiger partial charge in [-0.1, -0.05) is 0 Å². The average molecular weight is 552 g/mol. The number of ketones is 1. The predicted octanol–water partition coefficient (Wildman–Crippen LogP) is 3.16. The van der Waals surface area contributed by atoms with Crippen LogP contribution in [0.2, 0.25) is 0 Å². The van der Waals surface area contributed by atoms with Gasteiger partial charge in [0.15, 0.2) is 23.0 Å². The number of likely N-dealkylation sites (tertiary alicyclic amines) is 1. The summed E-state index contributed by atoms with van der Waals surface area (Å²) in [4.78, 5) is 32.5. The lowest BCUT2D eigenvalue weighted by atomic mass is 9.93. The molecule has 0 saturated carbocycles. The van der Waals surface area contributed by atoms with Gasteiger partial charge in [0.1, 0.15) is 5.76 Å². The smallest absolute Gasteiger partial charge is 0.295 e. The first-order valence-electron chi connectivity index (χ1n) is 12.4. The number of carbonyl (C=O) groups is 2. The number of aryl methyl sites for hydroxylation is 1. The van der Waals surface area contributed by atoms with Crippen molar-refractivity contribution in [1.29, 1.82) is 0 Å². The second kappa shape index (κ2) is 11.1. The number of imidazole rings is 1. The average Bonchev–Trinajstić information content (AvgIpc) is 3.73. The maximum Gasteiger partial charge on any atom is 0.295 e. The number of benzene rings is 2. The number of fused-ring (bicyclic) bond motifs is 1. The van der Waals surface area contributed by atoms with Crippen molar-refractivity contribution in [2.45, 2.75) is 19.0 Å². The third-order valence-corrected chi connectivity index (χ3v) is 6.88. The quantitative estimate of drug-likeness (QED) is 0.228. The van der Waals surface area contributed by atoms with Crippen molar-refractivity contribution in [3.8, 4) is 34.5 Å². The monoisotopic (exact) mass is 551 g/mol. The van der Waals surface area contributed by atoms with Gasteiger partial charge in [-0.15, -0.1) is 0 Å². The van der Waals surface area contributed by atoms with Crippen LogP contribution in [0, 0.1) is 0 Å². The molecule has 0 radical (unpaired) electrons. The Bertz CT molecular complexity index is 1470. The molecule has 1 amide bonds. The molecule has 5 rings (SSSR count). The number of nitrogens with zero attached hydrogens (tertiary/aromatic N) is 3. The van der Waals surface area contributed by atoms with Crippen LogP contribution in [0.25, 0.3) is 5.76 Å². The van der Waals surface area contributed by atoms with E-state index >= 15 is 0 Å². The van der Waals surface area contributed by atoms with Gasteiger partial charge in [0.25, 0.3) is 11.7 Å². The molecular weight excluding hydrogens is 522 g/mol. The Balaban J connectivity index is 1.67. The van der Waals surface area contributed by atoms with Crippen LogP contribution in [0.3, 0.4) is 0 Å². The van der Waals surface area contributed by atoms with Crippen LogP contribution in [0.15, 0.2) is 48.6 Å². The largest absolute Gasteiger partial charge is 0.507 e. The molecule has 2 aromatic carbocycles. The van der Waals surface area contributed by atoms with E-state index < -0.39 is 17.7 Å². The number of hydrogen-bond acceptors (Lipinski definition) is 10. The molecule has 210 valence electrons. The Labute approximate surface area is 230 Å². The fourth-order valence-electron chi connectivity index (χ4n) is 5.01. The number of aliphatic hydroxyl groups is 1. The van der Waals surface area contributed by atoms with Crippen LogP contribution in [-0.2, 0) is 16.1 Å². The number of aromatic nitrogens is 2. The Morgan fingerprint density at radius 2 is 1.73 bits per heavy atom. The van der Waals surface area contributed by atoms with Gasteiger partial charge >= 0.3 is 0 Å². The highest BCUT2D eigenvalue weighted by Crippen LogP contribution is 2.54. The Hall–Kier alpha value is -4.87. The van der Waals surface area contributed by atoms with E-state index in [1.54, 1.807) is 30.7 Å². The van der Waals surface area contributed by atoms with Crippen LogP contribution >= 0.6 is 0 Å². The Morgan fingerprint density at radius 3 is 2.40 bits per heavy atom. The fourth-order valence-corrected chi connectivity index (χ4v) is 5.01. The summed E-state index contributed by atoms with van der Waals surface area (Å²) >= 11 is 0. The van der Waals surface area contributed by atoms with Crippen LogP contribution in [0.5, 0.6) is 34.5 Å². The number of hydrogen-bond donors (Lipinski definition) is 1. The molecule has 0 bridgehead atoms. The molecule has 1 N–H and O–H groups in total.